The number of allylic oxidation sites excluding steroid dienone is 1. The third-order valence-electron chi connectivity index (χ3n) is 4.18. The van der Waals surface area contributed by atoms with E-state index in [1.54, 1.807) is 10.8 Å². The number of nitrogens with zero attached hydrogens (tertiary/aromatic N) is 3. The number of aryl methyl sites for hydroxylation is 4. The van der Waals surface area contributed by atoms with Crippen LogP contribution in [0.15, 0.2) is 24.8 Å². The molecule has 0 saturated heterocycles. The minimum atomic E-state index is -0.402. The fraction of sp³-hybridized carbons (Fsp3) is 0.421. The zero-order chi connectivity index (χ0) is 18.6. The van der Waals surface area contributed by atoms with Crippen LogP contribution in [-0.4, -0.2) is 32.7 Å². The van der Waals surface area contributed by atoms with E-state index in [2.05, 4.69) is 11.7 Å². The molecule has 0 fully saturated rings. The molecule has 0 unspecified atom stereocenters. The van der Waals surface area contributed by atoms with E-state index in [1.165, 1.54) is 0 Å². The third kappa shape index (κ3) is 4.47. The molecule has 0 aliphatic carbocycles. The van der Waals surface area contributed by atoms with E-state index in [-0.39, 0.29) is 18.8 Å². The summed E-state index contributed by atoms with van der Waals surface area (Å²) in [6, 6.07) is 3.78. The van der Waals surface area contributed by atoms with Crippen LogP contribution in [-0.2, 0) is 22.6 Å². The molecule has 2 aromatic rings. The first kappa shape index (κ1) is 18.7. The minimum Gasteiger partial charge on any atom is -0.457 e. The Morgan fingerprint density at radius 1 is 1.20 bits per heavy atom. The van der Waals surface area contributed by atoms with Crippen LogP contribution in [0.1, 0.15) is 39.6 Å². The summed E-state index contributed by atoms with van der Waals surface area (Å²) in [4.78, 5) is 24.2. The Labute approximate surface area is 148 Å². The lowest BCUT2D eigenvalue weighted by molar-refractivity contribution is -0.142. The molecule has 2 aromatic heterocycles. The van der Waals surface area contributed by atoms with Gasteiger partial charge in [-0.2, -0.15) is 5.10 Å². The number of ketones is 1. The third-order valence-corrected chi connectivity index (χ3v) is 4.18. The van der Waals surface area contributed by atoms with Gasteiger partial charge in [0.1, 0.15) is 0 Å². The van der Waals surface area contributed by atoms with E-state index in [9.17, 15) is 9.59 Å². The van der Waals surface area contributed by atoms with Gasteiger partial charge in [-0.3, -0.25) is 14.3 Å². The maximum absolute atomic E-state index is 12.3. The molecule has 0 bridgehead atoms. The number of carbonyl (C=O) groups excluding carboxylic acids is 2. The van der Waals surface area contributed by atoms with Crippen molar-refractivity contribution in [1.29, 1.82) is 0 Å². The van der Waals surface area contributed by atoms with Crippen LogP contribution < -0.4 is 0 Å². The molecule has 0 aliphatic heterocycles. The summed E-state index contributed by atoms with van der Waals surface area (Å²) >= 11 is 0. The van der Waals surface area contributed by atoms with Crippen LogP contribution >= 0.6 is 0 Å². The van der Waals surface area contributed by atoms with Crippen molar-refractivity contribution in [3.8, 4) is 0 Å². The predicted molar refractivity (Wildman–Crippen MR) is 95.7 cm³/mol. The lowest BCUT2D eigenvalue weighted by Gasteiger charge is -2.07. The molecule has 0 aromatic carbocycles. The van der Waals surface area contributed by atoms with E-state index in [0.29, 0.717) is 18.7 Å². The molecule has 0 amide bonds. The number of esters is 1. The summed E-state index contributed by atoms with van der Waals surface area (Å²) in [6.07, 6.45) is 1.97. The fourth-order valence-corrected chi connectivity index (χ4v) is 2.89. The number of hydrogen-bond donors (Lipinski definition) is 0. The summed E-state index contributed by atoms with van der Waals surface area (Å²) in [5.74, 6) is -0.594. The van der Waals surface area contributed by atoms with Gasteiger partial charge in [0.05, 0.1) is 18.7 Å². The molecule has 0 spiro atoms. The van der Waals surface area contributed by atoms with Gasteiger partial charge in [-0.05, 0) is 39.8 Å². The molecule has 6 heteroatoms. The highest BCUT2D eigenvalue weighted by atomic mass is 16.5. The highest BCUT2D eigenvalue weighted by Gasteiger charge is 2.17. The Kier molecular flexibility index (Phi) is 5.96. The van der Waals surface area contributed by atoms with E-state index >= 15 is 0 Å². The van der Waals surface area contributed by atoms with Crippen molar-refractivity contribution in [1.82, 2.24) is 14.3 Å². The fourth-order valence-electron chi connectivity index (χ4n) is 2.89. The first-order valence-corrected chi connectivity index (χ1v) is 8.31. The van der Waals surface area contributed by atoms with Crippen LogP contribution in [0.4, 0.5) is 0 Å². The SMILES string of the molecule is C=CCn1c(C)cc(C(=O)COC(=O)CCn2nc(C)cc2C)c1C. The summed E-state index contributed by atoms with van der Waals surface area (Å²) in [5.41, 5.74) is 4.34. The summed E-state index contributed by atoms with van der Waals surface area (Å²) < 4.78 is 8.90. The number of aromatic nitrogens is 3. The van der Waals surface area contributed by atoms with Crippen molar-refractivity contribution in [2.75, 3.05) is 6.61 Å². The normalized spacial score (nSPS) is 10.7. The van der Waals surface area contributed by atoms with Crippen molar-refractivity contribution in [2.24, 2.45) is 0 Å². The topological polar surface area (TPSA) is 66.1 Å². The van der Waals surface area contributed by atoms with Crippen molar-refractivity contribution in [2.45, 2.75) is 47.2 Å². The average Bonchev–Trinajstić information content (AvgIpc) is 3.03. The van der Waals surface area contributed by atoms with Gasteiger partial charge in [0.15, 0.2) is 6.61 Å². The van der Waals surface area contributed by atoms with Gasteiger partial charge in [0, 0.05) is 29.2 Å². The molecule has 0 N–H and O–H groups in total. The van der Waals surface area contributed by atoms with Crippen LogP contribution in [0.25, 0.3) is 0 Å². The summed E-state index contributed by atoms with van der Waals surface area (Å²) in [5, 5.41) is 4.30. The second-order valence-corrected chi connectivity index (χ2v) is 6.17. The molecule has 0 atom stereocenters. The van der Waals surface area contributed by atoms with Crippen molar-refractivity contribution in [3.63, 3.8) is 0 Å². The Bertz CT molecular complexity index is 799. The molecule has 0 saturated carbocycles. The zero-order valence-electron chi connectivity index (χ0n) is 15.3. The van der Waals surface area contributed by atoms with Gasteiger partial charge in [-0.25, -0.2) is 0 Å². The highest BCUT2D eigenvalue weighted by molar-refractivity contribution is 5.99. The van der Waals surface area contributed by atoms with Crippen LogP contribution in [0.2, 0.25) is 0 Å². The molecule has 2 heterocycles. The number of carbonyl (C=O) groups is 2. The van der Waals surface area contributed by atoms with Gasteiger partial charge in [-0.15, -0.1) is 6.58 Å². The predicted octanol–water partition coefficient (Wildman–Crippen LogP) is 2.92. The molecule has 6 nitrogen and oxygen atoms in total. The molecular formula is C19H25N3O3. The van der Waals surface area contributed by atoms with Gasteiger partial charge in [0.2, 0.25) is 5.78 Å². The highest BCUT2D eigenvalue weighted by Crippen LogP contribution is 2.16. The molecule has 2 rings (SSSR count). The molecular weight excluding hydrogens is 318 g/mol. The summed E-state index contributed by atoms with van der Waals surface area (Å²) in [7, 11) is 0. The van der Waals surface area contributed by atoms with Gasteiger partial charge < -0.3 is 9.30 Å². The first-order valence-electron chi connectivity index (χ1n) is 8.31. The molecule has 25 heavy (non-hydrogen) atoms. The Balaban J connectivity index is 1.89. The van der Waals surface area contributed by atoms with Crippen LogP contribution in [0.3, 0.4) is 0 Å². The average molecular weight is 343 g/mol. The summed E-state index contributed by atoms with van der Waals surface area (Å²) in [6.45, 7) is 12.2. The van der Waals surface area contributed by atoms with Crippen molar-refractivity contribution >= 4 is 11.8 Å². The van der Waals surface area contributed by atoms with Gasteiger partial charge in [0.25, 0.3) is 0 Å². The van der Waals surface area contributed by atoms with Gasteiger partial charge >= 0.3 is 5.97 Å². The molecule has 134 valence electrons. The number of Topliss-reactive ketones (excluding diaryl/α,β-unsaturated/α-hetero) is 1. The number of ether oxygens (including phenoxy) is 1. The van der Waals surface area contributed by atoms with Crippen LogP contribution in [0.5, 0.6) is 0 Å². The standard InChI is InChI=1S/C19H25N3O3/c1-6-8-21-14(3)11-17(16(21)5)18(23)12-25-19(24)7-9-22-15(4)10-13(2)20-22/h6,10-11H,1,7-9,12H2,2-5H3. The number of hydrogen-bond acceptors (Lipinski definition) is 4. The maximum atomic E-state index is 12.3. The zero-order valence-corrected chi connectivity index (χ0v) is 15.3. The smallest absolute Gasteiger partial charge is 0.308 e. The molecule has 0 aliphatic rings. The Hall–Kier alpha value is -2.63. The monoisotopic (exact) mass is 343 g/mol. The lowest BCUT2D eigenvalue weighted by atomic mass is 10.1. The maximum Gasteiger partial charge on any atom is 0.308 e. The number of rotatable bonds is 8. The van der Waals surface area contributed by atoms with E-state index in [1.807, 2.05) is 44.4 Å². The second kappa shape index (κ2) is 7.96. The lowest BCUT2D eigenvalue weighted by Crippen LogP contribution is -2.17. The largest absolute Gasteiger partial charge is 0.457 e. The Morgan fingerprint density at radius 2 is 1.92 bits per heavy atom. The Morgan fingerprint density at radius 3 is 2.52 bits per heavy atom. The first-order chi connectivity index (χ1) is 11.8. The van der Waals surface area contributed by atoms with E-state index < -0.39 is 5.97 Å². The minimum absolute atomic E-state index is 0.185. The van der Waals surface area contributed by atoms with Crippen LogP contribution in [0, 0.1) is 27.7 Å². The second-order valence-electron chi connectivity index (χ2n) is 6.17. The molecule has 0 radical (unpaired) electrons. The van der Waals surface area contributed by atoms with Crippen molar-refractivity contribution in [3.05, 3.63) is 53.1 Å². The van der Waals surface area contributed by atoms with E-state index in [0.717, 1.165) is 22.8 Å². The van der Waals surface area contributed by atoms with Crippen molar-refractivity contribution < 1.29 is 14.3 Å². The van der Waals surface area contributed by atoms with Gasteiger partial charge in [-0.1, -0.05) is 6.08 Å². The van der Waals surface area contributed by atoms with E-state index in [4.69, 9.17) is 4.74 Å². The quantitative estimate of drug-likeness (QED) is 0.420.